The number of nitrogens with zero attached hydrogens (tertiary/aromatic N) is 2. The van der Waals surface area contributed by atoms with Crippen molar-refractivity contribution < 1.29 is 14.5 Å². The topological polar surface area (TPSA) is 46.1 Å². The van der Waals surface area contributed by atoms with Crippen molar-refractivity contribution in [3.63, 3.8) is 0 Å². The smallest absolute Gasteiger partial charge is 0.346 e. The number of aliphatic carboxylic acids is 1. The van der Waals surface area contributed by atoms with Crippen LogP contribution in [0.5, 0.6) is 0 Å². The molecule has 12 heavy (non-hydrogen) atoms. The summed E-state index contributed by atoms with van der Waals surface area (Å²) in [4.78, 5) is 10.4. The minimum atomic E-state index is -0.811. The Morgan fingerprint density at radius 2 is 2.25 bits per heavy atom. The van der Waals surface area contributed by atoms with E-state index < -0.39 is 5.97 Å². The number of aryl methyl sites for hydroxylation is 1. The average molecular weight is 169 g/mol. The molecule has 0 unspecified atom stereocenters. The highest BCUT2D eigenvalue weighted by Gasteiger charge is 2.15. The van der Waals surface area contributed by atoms with Crippen LogP contribution in [0.25, 0.3) is 0 Å². The van der Waals surface area contributed by atoms with Gasteiger partial charge in [0.05, 0.1) is 7.05 Å². The van der Waals surface area contributed by atoms with Gasteiger partial charge in [0.15, 0.2) is 6.54 Å². The van der Waals surface area contributed by atoms with E-state index in [0.29, 0.717) is 0 Å². The third-order valence-corrected chi connectivity index (χ3v) is 2.08. The molecule has 1 aromatic heterocycles. The van der Waals surface area contributed by atoms with Crippen LogP contribution in [0.3, 0.4) is 0 Å². The molecule has 0 spiro atoms. The van der Waals surface area contributed by atoms with Crippen molar-refractivity contribution >= 4 is 5.97 Å². The molecule has 0 aliphatic rings. The summed E-state index contributed by atoms with van der Waals surface area (Å²) >= 11 is 0. The SMILES string of the molecule is Cc1c[n+](CC(=O)O)c(C)n1C. The van der Waals surface area contributed by atoms with Gasteiger partial charge in [-0.2, -0.15) is 0 Å². The van der Waals surface area contributed by atoms with Gasteiger partial charge in [-0.1, -0.05) is 0 Å². The number of carboxylic acids is 1. The van der Waals surface area contributed by atoms with Crippen molar-refractivity contribution in [1.29, 1.82) is 0 Å². The van der Waals surface area contributed by atoms with Crippen LogP contribution < -0.4 is 4.57 Å². The number of hydrogen-bond acceptors (Lipinski definition) is 1. The monoisotopic (exact) mass is 169 g/mol. The van der Waals surface area contributed by atoms with Crippen LogP contribution in [0, 0.1) is 13.8 Å². The summed E-state index contributed by atoms with van der Waals surface area (Å²) in [5.74, 6) is 0.142. The lowest BCUT2D eigenvalue weighted by Crippen LogP contribution is -2.39. The van der Waals surface area contributed by atoms with E-state index in [2.05, 4.69) is 0 Å². The van der Waals surface area contributed by atoms with Crippen molar-refractivity contribution in [1.82, 2.24) is 4.57 Å². The number of imidazole rings is 1. The summed E-state index contributed by atoms with van der Waals surface area (Å²) in [6.45, 7) is 3.88. The number of carboxylic acid groups (broad SMARTS) is 1. The van der Waals surface area contributed by atoms with E-state index in [1.54, 1.807) is 4.57 Å². The molecular formula is C8H13N2O2+. The maximum Gasteiger partial charge on any atom is 0.346 e. The second-order valence-corrected chi connectivity index (χ2v) is 2.90. The van der Waals surface area contributed by atoms with Gasteiger partial charge in [0.1, 0.15) is 11.9 Å². The van der Waals surface area contributed by atoms with Crippen LogP contribution in [0.15, 0.2) is 6.20 Å². The fourth-order valence-electron chi connectivity index (χ4n) is 1.16. The molecule has 0 bridgehead atoms. The molecule has 4 heteroatoms. The van der Waals surface area contributed by atoms with Gasteiger partial charge >= 0.3 is 5.97 Å². The van der Waals surface area contributed by atoms with E-state index in [-0.39, 0.29) is 6.54 Å². The molecule has 0 aliphatic carbocycles. The van der Waals surface area contributed by atoms with Gasteiger partial charge in [0, 0.05) is 13.8 Å². The Morgan fingerprint density at radius 3 is 2.58 bits per heavy atom. The number of carbonyl (C=O) groups is 1. The molecule has 0 fully saturated rings. The fourth-order valence-corrected chi connectivity index (χ4v) is 1.16. The third kappa shape index (κ3) is 1.47. The maximum atomic E-state index is 10.4. The Balaban J connectivity index is 3.01. The van der Waals surface area contributed by atoms with Crippen molar-refractivity contribution in [2.24, 2.45) is 7.05 Å². The molecule has 1 aromatic rings. The lowest BCUT2D eigenvalue weighted by Gasteiger charge is -1.92. The molecule has 0 aromatic carbocycles. The highest BCUT2D eigenvalue weighted by atomic mass is 16.4. The van der Waals surface area contributed by atoms with Gasteiger partial charge in [-0.25, -0.2) is 13.9 Å². The van der Waals surface area contributed by atoms with Crippen LogP contribution in [-0.2, 0) is 18.4 Å². The van der Waals surface area contributed by atoms with Crippen LogP contribution in [0.4, 0.5) is 0 Å². The Morgan fingerprint density at radius 1 is 1.67 bits per heavy atom. The van der Waals surface area contributed by atoms with Crippen LogP contribution >= 0.6 is 0 Å². The highest BCUT2D eigenvalue weighted by molar-refractivity contribution is 5.64. The Kier molecular flexibility index (Phi) is 2.17. The largest absolute Gasteiger partial charge is 0.478 e. The molecule has 0 aliphatic heterocycles. The molecule has 0 atom stereocenters. The van der Waals surface area contributed by atoms with Gasteiger partial charge in [-0.3, -0.25) is 0 Å². The first-order valence-corrected chi connectivity index (χ1v) is 3.76. The Labute approximate surface area is 71.1 Å². The van der Waals surface area contributed by atoms with Gasteiger partial charge in [-0.15, -0.1) is 0 Å². The van der Waals surface area contributed by atoms with Gasteiger partial charge < -0.3 is 5.11 Å². The standard InChI is InChI=1S/C8H12N2O2/c1-6-4-10(5-8(11)12)7(2)9(6)3/h4H,5H2,1-3H3/p+1. The van der Waals surface area contributed by atoms with E-state index in [1.165, 1.54) is 0 Å². The first kappa shape index (κ1) is 8.77. The molecule has 0 amide bonds. The normalized spacial score (nSPS) is 10.2. The lowest BCUT2D eigenvalue weighted by molar-refractivity contribution is -0.691. The van der Waals surface area contributed by atoms with Crippen molar-refractivity contribution in [2.75, 3.05) is 0 Å². The summed E-state index contributed by atoms with van der Waals surface area (Å²) < 4.78 is 3.68. The molecule has 66 valence electrons. The first-order valence-electron chi connectivity index (χ1n) is 3.76. The minimum Gasteiger partial charge on any atom is -0.478 e. The van der Waals surface area contributed by atoms with Crippen LogP contribution in [0.1, 0.15) is 11.5 Å². The van der Waals surface area contributed by atoms with Gasteiger partial charge in [0.2, 0.25) is 0 Å². The predicted molar refractivity (Wildman–Crippen MR) is 42.7 cm³/mol. The third-order valence-electron chi connectivity index (χ3n) is 2.08. The van der Waals surface area contributed by atoms with E-state index in [4.69, 9.17) is 5.11 Å². The first-order chi connectivity index (χ1) is 5.52. The van der Waals surface area contributed by atoms with E-state index in [9.17, 15) is 4.79 Å². The maximum absolute atomic E-state index is 10.4. The number of rotatable bonds is 2. The molecule has 0 saturated carbocycles. The zero-order valence-electron chi connectivity index (χ0n) is 7.53. The Hall–Kier alpha value is -1.32. The van der Waals surface area contributed by atoms with Crippen molar-refractivity contribution in [3.05, 3.63) is 17.7 Å². The quantitative estimate of drug-likeness (QED) is 0.634. The zero-order chi connectivity index (χ0) is 9.30. The van der Waals surface area contributed by atoms with Gasteiger partial charge in [0.25, 0.3) is 5.82 Å². The zero-order valence-corrected chi connectivity index (χ0v) is 7.53. The molecule has 1 heterocycles. The lowest BCUT2D eigenvalue weighted by atomic mass is 10.5. The van der Waals surface area contributed by atoms with E-state index in [1.807, 2.05) is 31.7 Å². The average Bonchev–Trinajstić information content (AvgIpc) is 2.17. The van der Waals surface area contributed by atoms with Gasteiger partial charge in [-0.05, 0) is 0 Å². The molecule has 0 saturated heterocycles. The number of hydrogen-bond donors (Lipinski definition) is 1. The second-order valence-electron chi connectivity index (χ2n) is 2.90. The molecule has 4 nitrogen and oxygen atoms in total. The molecule has 1 rings (SSSR count). The van der Waals surface area contributed by atoms with E-state index >= 15 is 0 Å². The highest BCUT2D eigenvalue weighted by Crippen LogP contribution is 1.96. The van der Waals surface area contributed by atoms with Crippen molar-refractivity contribution in [2.45, 2.75) is 20.4 Å². The predicted octanol–water partition coefficient (Wildman–Crippen LogP) is 0.0140. The fraction of sp³-hybridized carbons (Fsp3) is 0.500. The summed E-state index contributed by atoms with van der Waals surface area (Å²) in [6, 6.07) is 0. The molecular weight excluding hydrogens is 156 g/mol. The minimum absolute atomic E-state index is 0.0352. The molecule has 1 N–H and O–H groups in total. The number of aromatic nitrogens is 2. The van der Waals surface area contributed by atoms with Crippen LogP contribution in [0.2, 0.25) is 0 Å². The van der Waals surface area contributed by atoms with Crippen LogP contribution in [-0.4, -0.2) is 15.6 Å². The van der Waals surface area contributed by atoms with E-state index in [0.717, 1.165) is 11.5 Å². The summed E-state index contributed by atoms with van der Waals surface area (Å²) in [7, 11) is 1.92. The summed E-state index contributed by atoms with van der Waals surface area (Å²) in [5, 5.41) is 8.56. The summed E-state index contributed by atoms with van der Waals surface area (Å²) in [6.07, 6.45) is 1.84. The second kappa shape index (κ2) is 2.97. The molecule has 0 radical (unpaired) electrons. The summed E-state index contributed by atoms with van der Waals surface area (Å²) in [5.41, 5.74) is 1.06. The Bertz CT molecular complexity index is 315. The van der Waals surface area contributed by atoms with Crippen molar-refractivity contribution in [3.8, 4) is 0 Å².